The summed E-state index contributed by atoms with van der Waals surface area (Å²) in [5, 5.41) is 0. The zero-order valence-corrected chi connectivity index (χ0v) is 13.4. The Balaban J connectivity index is 0.000000677. The summed E-state index contributed by atoms with van der Waals surface area (Å²) in [5.41, 5.74) is 1.60. The van der Waals surface area contributed by atoms with E-state index in [9.17, 15) is 9.18 Å². The van der Waals surface area contributed by atoms with E-state index in [0.29, 0.717) is 12.0 Å². The van der Waals surface area contributed by atoms with Crippen molar-refractivity contribution in [2.45, 2.75) is 25.2 Å². The van der Waals surface area contributed by atoms with Gasteiger partial charge in [0.25, 0.3) is 0 Å². The number of carbonyl (C=O) groups is 1. The largest absolute Gasteiger partial charge is 0.293 e. The predicted octanol–water partition coefficient (Wildman–Crippen LogP) is 5.45. The van der Waals surface area contributed by atoms with Crippen LogP contribution >= 0.6 is 11.8 Å². The van der Waals surface area contributed by atoms with Crippen molar-refractivity contribution in [3.63, 3.8) is 0 Å². The number of allylic oxidation sites excluding steroid dienone is 3. The molecule has 0 saturated carbocycles. The predicted molar refractivity (Wildman–Crippen MR) is 89.4 cm³/mol. The number of fused-ring (bicyclic) bond motifs is 1. The lowest BCUT2D eigenvalue weighted by atomic mass is 9.88. The molecule has 0 radical (unpaired) electrons. The Hall–Kier alpha value is -1.61. The van der Waals surface area contributed by atoms with Crippen molar-refractivity contribution in [1.82, 2.24) is 0 Å². The van der Waals surface area contributed by atoms with Gasteiger partial charge in [0.05, 0.1) is 0 Å². The molecule has 1 aromatic rings. The first-order valence-electron chi connectivity index (χ1n) is 6.88. The molecule has 1 aliphatic heterocycles. The van der Waals surface area contributed by atoms with E-state index in [2.05, 4.69) is 13.2 Å². The van der Waals surface area contributed by atoms with Crippen molar-refractivity contribution < 1.29 is 9.18 Å². The van der Waals surface area contributed by atoms with Gasteiger partial charge in [-0.15, -0.1) is 24.9 Å². The van der Waals surface area contributed by atoms with Crippen LogP contribution in [0.5, 0.6) is 0 Å². The summed E-state index contributed by atoms with van der Waals surface area (Å²) in [4.78, 5) is 13.3. The van der Waals surface area contributed by atoms with Gasteiger partial charge in [-0.1, -0.05) is 23.8 Å². The summed E-state index contributed by atoms with van der Waals surface area (Å²) >= 11 is 1.59. The maximum atomic E-state index is 13.3. The molecule has 0 aliphatic carbocycles. The first-order valence-corrected chi connectivity index (χ1v) is 7.87. The standard InChI is InChI=1S/C15H15FOS.C3H6/c1-3-5-12-10(4-2)9-18-14-7-6-11(16)8-13(14)15(12)17;1-3-2/h3-4,6-8,12H,1,5,9H2,2H3;3H,1H2,2H3/b10-4+;. The molecule has 0 bridgehead atoms. The fourth-order valence-electron chi connectivity index (χ4n) is 2.15. The molecule has 0 spiro atoms. The molecule has 0 aromatic heterocycles. The first-order chi connectivity index (χ1) is 10.1. The highest BCUT2D eigenvalue weighted by atomic mass is 32.2. The number of carbonyl (C=O) groups excluding carboxylic acids is 1. The molecule has 1 aromatic carbocycles. The van der Waals surface area contributed by atoms with Crippen LogP contribution in [0, 0.1) is 11.7 Å². The van der Waals surface area contributed by atoms with E-state index in [-0.39, 0.29) is 17.5 Å². The van der Waals surface area contributed by atoms with Gasteiger partial charge in [0.1, 0.15) is 5.82 Å². The van der Waals surface area contributed by atoms with Crippen LogP contribution < -0.4 is 0 Å². The van der Waals surface area contributed by atoms with E-state index in [1.165, 1.54) is 12.1 Å². The van der Waals surface area contributed by atoms with E-state index >= 15 is 0 Å². The van der Waals surface area contributed by atoms with Crippen LogP contribution in [0.2, 0.25) is 0 Å². The number of Topliss-reactive ketones (excluding diaryl/α,β-unsaturated/α-hetero) is 1. The third kappa shape index (κ3) is 4.43. The molecule has 2 rings (SSSR count). The minimum Gasteiger partial charge on any atom is -0.293 e. The second kappa shape index (κ2) is 8.63. The topological polar surface area (TPSA) is 17.1 Å². The van der Waals surface area contributed by atoms with E-state index in [1.807, 2.05) is 19.9 Å². The normalized spacial score (nSPS) is 19.1. The highest BCUT2D eigenvalue weighted by Gasteiger charge is 2.28. The summed E-state index contributed by atoms with van der Waals surface area (Å²) in [5.74, 6) is 0.230. The highest BCUT2D eigenvalue weighted by Crippen LogP contribution is 2.36. The SMILES string of the molecule is C=CC.C=CCC1C(=O)c2cc(F)ccc2SC/C1=C\C. The van der Waals surface area contributed by atoms with E-state index in [1.54, 1.807) is 30.0 Å². The van der Waals surface area contributed by atoms with Crippen LogP contribution in [-0.4, -0.2) is 11.5 Å². The van der Waals surface area contributed by atoms with Crippen LogP contribution in [-0.2, 0) is 0 Å². The van der Waals surface area contributed by atoms with Gasteiger partial charge in [0, 0.05) is 22.1 Å². The molecule has 112 valence electrons. The first kappa shape index (κ1) is 17.4. The molecular weight excluding hydrogens is 283 g/mol. The van der Waals surface area contributed by atoms with Crippen molar-refractivity contribution in [2.75, 3.05) is 5.75 Å². The van der Waals surface area contributed by atoms with Gasteiger partial charge >= 0.3 is 0 Å². The Labute approximate surface area is 130 Å². The molecule has 21 heavy (non-hydrogen) atoms. The Morgan fingerprint density at radius 1 is 1.38 bits per heavy atom. The lowest BCUT2D eigenvalue weighted by Gasteiger charge is -2.14. The molecule has 1 heterocycles. The number of ketones is 1. The maximum absolute atomic E-state index is 13.3. The van der Waals surface area contributed by atoms with Crippen LogP contribution in [0.15, 0.2) is 60.1 Å². The minimum absolute atomic E-state index is 0.00231. The number of hydrogen-bond donors (Lipinski definition) is 0. The number of hydrogen-bond acceptors (Lipinski definition) is 2. The van der Waals surface area contributed by atoms with Crippen molar-refractivity contribution in [3.8, 4) is 0 Å². The monoisotopic (exact) mass is 304 g/mol. The van der Waals surface area contributed by atoms with Crippen molar-refractivity contribution in [3.05, 3.63) is 66.5 Å². The smallest absolute Gasteiger partial charge is 0.171 e. The summed E-state index contributed by atoms with van der Waals surface area (Å²) < 4.78 is 13.3. The van der Waals surface area contributed by atoms with Gasteiger partial charge in [0.15, 0.2) is 5.78 Å². The average Bonchev–Trinajstić information content (AvgIpc) is 2.59. The van der Waals surface area contributed by atoms with Crippen LogP contribution in [0.1, 0.15) is 30.6 Å². The van der Waals surface area contributed by atoms with Gasteiger partial charge in [-0.05, 0) is 38.5 Å². The van der Waals surface area contributed by atoms with E-state index < -0.39 is 0 Å². The average molecular weight is 304 g/mol. The van der Waals surface area contributed by atoms with Crippen molar-refractivity contribution >= 4 is 17.5 Å². The minimum atomic E-state index is -0.357. The molecule has 3 heteroatoms. The molecule has 1 unspecified atom stereocenters. The maximum Gasteiger partial charge on any atom is 0.171 e. The number of halogens is 1. The van der Waals surface area contributed by atoms with Gasteiger partial charge in [-0.2, -0.15) is 0 Å². The Bertz CT molecular complexity index is 560. The molecule has 0 saturated heterocycles. The van der Waals surface area contributed by atoms with Gasteiger partial charge in [0.2, 0.25) is 0 Å². The molecule has 1 atom stereocenters. The van der Waals surface area contributed by atoms with Crippen LogP contribution in [0.3, 0.4) is 0 Å². The summed E-state index contributed by atoms with van der Waals surface area (Å²) in [7, 11) is 0. The fraction of sp³-hybridized carbons (Fsp3) is 0.278. The molecule has 1 aliphatic rings. The molecule has 0 N–H and O–H groups in total. The third-order valence-corrected chi connectivity index (χ3v) is 4.28. The second-order valence-corrected chi connectivity index (χ2v) is 5.66. The second-order valence-electron chi connectivity index (χ2n) is 4.64. The fourth-order valence-corrected chi connectivity index (χ4v) is 3.32. The molecule has 0 amide bonds. The summed E-state index contributed by atoms with van der Waals surface area (Å²) in [6.45, 7) is 10.9. The zero-order chi connectivity index (χ0) is 15.8. The van der Waals surface area contributed by atoms with Crippen molar-refractivity contribution in [1.29, 1.82) is 0 Å². The lowest BCUT2D eigenvalue weighted by Crippen LogP contribution is -2.16. The summed E-state index contributed by atoms with van der Waals surface area (Å²) in [6.07, 6.45) is 6.09. The van der Waals surface area contributed by atoms with Crippen LogP contribution in [0.4, 0.5) is 4.39 Å². The Morgan fingerprint density at radius 3 is 2.62 bits per heavy atom. The number of thioether (sulfide) groups is 1. The quantitative estimate of drug-likeness (QED) is 0.676. The molecule has 0 fully saturated rings. The van der Waals surface area contributed by atoms with E-state index in [0.717, 1.165) is 16.2 Å². The highest BCUT2D eigenvalue weighted by molar-refractivity contribution is 7.99. The number of rotatable bonds is 2. The third-order valence-electron chi connectivity index (χ3n) is 3.14. The Kier molecular flexibility index (Phi) is 7.17. The van der Waals surface area contributed by atoms with Gasteiger partial charge in [-0.25, -0.2) is 4.39 Å². The molecular formula is C18H21FOS. The van der Waals surface area contributed by atoms with Crippen molar-refractivity contribution in [2.24, 2.45) is 5.92 Å². The van der Waals surface area contributed by atoms with E-state index in [4.69, 9.17) is 0 Å². The van der Waals surface area contributed by atoms with Gasteiger partial charge < -0.3 is 0 Å². The molecule has 1 nitrogen and oxygen atoms in total. The summed E-state index contributed by atoms with van der Waals surface area (Å²) in [6, 6.07) is 4.44. The number of benzene rings is 1. The Morgan fingerprint density at radius 2 is 2.05 bits per heavy atom. The van der Waals surface area contributed by atoms with Crippen LogP contribution in [0.25, 0.3) is 0 Å². The zero-order valence-electron chi connectivity index (χ0n) is 12.6. The lowest BCUT2D eigenvalue weighted by molar-refractivity contribution is 0.0938. The van der Waals surface area contributed by atoms with Gasteiger partial charge in [-0.3, -0.25) is 4.79 Å².